The van der Waals surface area contributed by atoms with Crippen LogP contribution in [0.4, 0.5) is 8.78 Å². The summed E-state index contributed by atoms with van der Waals surface area (Å²) in [6, 6.07) is 7.75. The molecule has 2 aliphatic rings. The summed E-state index contributed by atoms with van der Waals surface area (Å²) in [5, 5.41) is 0. The van der Waals surface area contributed by atoms with Gasteiger partial charge in [0.05, 0.1) is 24.0 Å². The summed E-state index contributed by atoms with van der Waals surface area (Å²) >= 11 is 0. The van der Waals surface area contributed by atoms with Gasteiger partial charge < -0.3 is 20.3 Å². The minimum Gasteiger partial charge on any atom is -0.487 e. The summed E-state index contributed by atoms with van der Waals surface area (Å²) in [5.41, 5.74) is 5.03. The van der Waals surface area contributed by atoms with Gasteiger partial charge in [-0.1, -0.05) is 12.1 Å². The monoisotopic (exact) mass is 510 g/mol. The van der Waals surface area contributed by atoms with Gasteiger partial charge in [0.1, 0.15) is 29.4 Å². The van der Waals surface area contributed by atoms with Crippen LogP contribution < -0.4 is 10.5 Å². The van der Waals surface area contributed by atoms with Crippen molar-refractivity contribution in [1.29, 1.82) is 0 Å². The Labute approximate surface area is 215 Å². The van der Waals surface area contributed by atoms with Crippen molar-refractivity contribution < 1.29 is 23.1 Å². The van der Waals surface area contributed by atoms with Gasteiger partial charge in [-0.25, -0.2) is 8.78 Å². The molecule has 0 bridgehead atoms. The maximum atomic E-state index is 15.0. The van der Waals surface area contributed by atoms with E-state index < -0.39 is 28.8 Å². The minimum absolute atomic E-state index is 0.111. The maximum absolute atomic E-state index is 15.0. The van der Waals surface area contributed by atoms with Crippen LogP contribution in [-0.2, 0) is 4.79 Å². The molecule has 7 nitrogen and oxygen atoms in total. The van der Waals surface area contributed by atoms with Gasteiger partial charge in [-0.2, -0.15) is 0 Å². The standard InChI is InChI=1S/C28H32F2N4O3/c1-27(2,30)18-33-13-9-19(10-14-33)17-37-21-6-8-24(32-16-21)20-5-7-22(23(29)15-20)25(35)34-12-4-11-28(34,3)26(31)36/h5-10,13,15-16H,4,11-12,14,17-18H2,1-3H3,(H2,31,36)/t28-/m0/s1. The van der Waals surface area contributed by atoms with Crippen molar-refractivity contribution in [3.05, 3.63) is 71.8 Å². The first-order chi connectivity index (χ1) is 17.5. The summed E-state index contributed by atoms with van der Waals surface area (Å²) in [7, 11) is 0. The van der Waals surface area contributed by atoms with Crippen LogP contribution in [0.3, 0.4) is 0 Å². The molecule has 3 heterocycles. The van der Waals surface area contributed by atoms with Crippen LogP contribution in [0.15, 0.2) is 60.5 Å². The molecule has 1 aromatic carbocycles. The van der Waals surface area contributed by atoms with Crippen molar-refractivity contribution in [3.8, 4) is 17.0 Å². The molecule has 1 aromatic heterocycles. The van der Waals surface area contributed by atoms with E-state index in [4.69, 9.17) is 10.5 Å². The lowest BCUT2D eigenvalue weighted by atomic mass is 9.97. The first-order valence-corrected chi connectivity index (χ1v) is 12.3. The third-order valence-corrected chi connectivity index (χ3v) is 6.72. The van der Waals surface area contributed by atoms with E-state index in [2.05, 4.69) is 4.98 Å². The molecule has 0 spiro atoms. The third-order valence-electron chi connectivity index (χ3n) is 6.72. The predicted molar refractivity (Wildman–Crippen MR) is 137 cm³/mol. The largest absolute Gasteiger partial charge is 0.487 e. The highest BCUT2D eigenvalue weighted by molar-refractivity contribution is 5.99. The number of carbonyl (C=O) groups is 2. The van der Waals surface area contributed by atoms with E-state index in [9.17, 15) is 18.4 Å². The molecule has 2 amide bonds. The van der Waals surface area contributed by atoms with Crippen LogP contribution in [0.25, 0.3) is 11.3 Å². The van der Waals surface area contributed by atoms with Crippen LogP contribution >= 0.6 is 0 Å². The molecule has 1 fully saturated rings. The van der Waals surface area contributed by atoms with Crippen LogP contribution in [0.1, 0.15) is 44.0 Å². The van der Waals surface area contributed by atoms with Gasteiger partial charge in [-0.3, -0.25) is 14.6 Å². The molecule has 1 atom stereocenters. The van der Waals surface area contributed by atoms with E-state index >= 15 is 0 Å². The minimum atomic E-state index is -1.27. The van der Waals surface area contributed by atoms with Gasteiger partial charge >= 0.3 is 0 Å². The number of aromatic nitrogens is 1. The van der Waals surface area contributed by atoms with E-state index in [1.807, 2.05) is 23.3 Å². The second kappa shape index (κ2) is 10.3. The SMILES string of the molecule is CC(C)(F)CN1C=CC(COc2ccc(-c3ccc(C(=O)N4CCC[C@@]4(C)C(N)=O)c(F)c3)nc2)=CC1. The number of alkyl halides is 1. The predicted octanol–water partition coefficient (Wildman–Crippen LogP) is 4.25. The van der Waals surface area contributed by atoms with Gasteiger partial charge in [-0.15, -0.1) is 0 Å². The number of hydrogen-bond acceptors (Lipinski definition) is 5. The lowest BCUT2D eigenvalue weighted by Crippen LogP contribution is -2.54. The number of primary amides is 1. The number of halogens is 2. The van der Waals surface area contributed by atoms with Crippen LogP contribution in [0.2, 0.25) is 0 Å². The van der Waals surface area contributed by atoms with Gasteiger partial charge in [0.2, 0.25) is 5.91 Å². The fraction of sp³-hybridized carbons (Fsp3) is 0.393. The van der Waals surface area contributed by atoms with E-state index in [0.717, 1.165) is 5.57 Å². The molecule has 0 aliphatic carbocycles. The molecule has 2 aliphatic heterocycles. The molecule has 0 saturated carbocycles. The Morgan fingerprint density at radius 1 is 1.24 bits per heavy atom. The zero-order chi connectivity index (χ0) is 26.8. The molecule has 0 unspecified atom stereocenters. The summed E-state index contributed by atoms with van der Waals surface area (Å²) in [4.78, 5) is 32.5. The molecule has 0 radical (unpaired) electrons. The second-order valence-corrected chi connectivity index (χ2v) is 10.3. The smallest absolute Gasteiger partial charge is 0.257 e. The van der Waals surface area contributed by atoms with Crippen molar-refractivity contribution in [1.82, 2.24) is 14.8 Å². The molecule has 9 heteroatoms. The summed E-state index contributed by atoms with van der Waals surface area (Å²) < 4.78 is 34.6. The maximum Gasteiger partial charge on any atom is 0.257 e. The average Bonchev–Trinajstić information content (AvgIpc) is 3.25. The Kier molecular flexibility index (Phi) is 7.34. The topological polar surface area (TPSA) is 88.8 Å². The number of likely N-dealkylation sites (tertiary alicyclic amines) is 1. The van der Waals surface area contributed by atoms with E-state index in [1.54, 1.807) is 45.2 Å². The Balaban J connectivity index is 1.37. The number of ether oxygens (including phenoxy) is 1. The van der Waals surface area contributed by atoms with E-state index in [1.165, 1.54) is 17.0 Å². The van der Waals surface area contributed by atoms with Gasteiger partial charge in [-0.05, 0) is 75.7 Å². The van der Waals surface area contributed by atoms with Crippen LogP contribution in [-0.4, -0.2) is 64.0 Å². The van der Waals surface area contributed by atoms with Crippen molar-refractivity contribution in [2.75, 3.05) is 26.2 Å². The van der Waals surface area contributed by atoms with Crippen molar-refractivity contribution >= 4 is 11.8 Å². The molecular weight excluding hydrogens is 478 g/mol. The van der Waals surface area contributed by atoms with Crippen molar-refractivity contribution in [3.63, 3.8) is 0 Å². The second-order valence-electron chi connectivity index (χ2n) is 10.3. The first-order valence-electron chi connectivity index (χ1n) is 12.3. The normalized spacial score (nSPS) is 19.6. The average molecular weight is 511 g/mol. The Bertz CT molecular complexity index is 1240. The Hall–Kier alpha value is -3.75. The van der Waals surface area contributed by atoms with E-state index in [-0.39, 0.29) is 5.56 Å². The van der Waals surface area contributed by atoms with Crippen LogP contribution in [0, 0.1) is 5.82 Å². The quantitative estimate of drug-likeness (QED) is 0.574. The number of benzene rings is 1. The number of pyridine rings is 1. The van der Waals surface area contributed by atoms with E-state index in [0.29, 0.717) is 56.1 Å². The lowest BCUT2D eigenvalue weighted by molar-refractivity contribution is -0.126. The number of amides is 2. The molecule has 196 valence electrons. The zero-order valence-corrected chi connectivity index (χ0v) is 21.3. The Morgan fingerprint density at radius 3 is 2.62 bits per heavy atom. The van der Waals surface area contributed by atoms with Gasteiger partial charge in [0.15, 0.2) is 0 Å². The van der Waals surface area contributed by atoms with Crippen molar-refractivity contribution in [2.24, 2.45) is 5.73 Å². The lowest BCUT2D eigenvalue weighted by Gasteiger charge is -2.32. The fourth-order valence-electron chi connectivity index (χ4n) is 4.61. The summed E-state index contributed by atoms with van der Waals surface area (Å²) in [6.45, 7) is 6.35. The number of rotatable bonds is 8. The highest BCUT2D eigenvalue weighted by Gasteiger charge is 2.45. The fourth-order valence-corrected chi connectivity index (χ4v) is 4.61. The molecular formula is C28H32F2N4O3. The highest BCUT2D eigenvalue weighted by Crippen LogP contribution is 2.31. The molecule has 2 aromatic rings. The van der Waals surface area contributed by atoms with Gasteiger partial charge in [0, 0.05) is 18.7 Å². The van der Waals surface area contributed by atoms with Gasteiger partial charge in [0.25, 0.3) is 5.91 Å². The molecule has 2 N–H and O–H groups in total. The first kappa shape index (κ1) is 26.3. The van der Waals surface area contributed by atoms with Crippen molar-refractivity contribution in [2.45, 2.75) is 44.8 Å². The number of carbonyl (C=O) groups excluding carboxylic acids is 2. The summed E-state index contributed by atoms with van der Waals surface area (Å²) in [5.74, 6) is -1.29. The molecule has 37 heavy (non-hydrogen) atoms. The molecule has 4 rings (SSSR count). The highest BCUT2D eigenvalue weighted by atomic mass is 19.1. The Morgan fingerprint density at radius 2 is 2.03 bits per heavy atom. The number of nitrogens with zero attached hydrogens (tertiary/aromatic N) is 3. The van der Waals surface area contributed by atoms with Crippen LogP contribution in [0.5, 0.6) is 5.75 Å². The number of hydrogen-bond donors (Lipinski definition) is 1. The molecule has 1 saturated heterocycles. The number of nitrogens with two attached hydrogens (primary N) is 1. The third kappa shape index (κ3) is 5.98. The summed E-state index contributed by atoms with van der Waals surface area (Å²) in [6.07, 6.45) is 8.40. The zero-order valence-electron chi connectivity index (χ0n) is 21.3.